The quantitative estimate of drug-likeness (QED) is 0.524. The number of anilines is 1. The summed E-state index contributed by atoms with van der Waals surface area (Å²) in [6.07, 6.45) is 5.66. The Morgan fingerprint density at radius 1 is 1.11 bits per heavy atom. The molecule has 0 heterocycles. The van der Waals surface area contributed by atoms with Gasteiger partial charge in [-0.05, 0) is 35.9 Å². The van der Waals surface area contributed by atoms with Gasteiger partial charge in [0.15, 0.2) is 0 Å². The Balaban J connectivity index is 2.06. The lowest BCUT2D eigenvalue weighted by molar-refractivity contribution is -0.139. The van der Waals surface area contributed by atoms with Gasteiger partial charge in [-0.15, -0.1) is 12.3 Å². The Morgan fingerprint density at radius 2 is 1.82 bits per heavy atom. The number of terminal acetylenes is 1. The van der Waals surface area contributed by atoms with Crippen LogP contribution in [0.15, 0.2) is 48.5 Å². The van der Waals surface area contributed by atoms with E-state index in [1.165, 1.54) is 24.3 Å². The lowest BCUT2D eigenvalue weighted by Crippen LogP contribution is -2.42. The maximum atomic E-state index is 12.5. The van der Waals surface area contributed by atoms with Crippen molar-refractivity contribution in [2.75, 3.05) is 5.32 Å². The van der Waals surface area contributed by atoms with Gasteiger partial charge < -0.3 is 20.8 Å². The van der Waals surface area contributed by atoms with Crippen LogP contribution in [0.5, 0.6) is 5.75 Å². The summed E-state index contributed by atoms with van der Waals surface area (Å²) in [5.41, 5.74) is 1.28. The van der Waals surface area contributed by atoms with Crippen LogP contribution in [-0.4, -0.2) is 34.0 Å². The van der Waals surface area contributed by atoms with Crippen LogP contribution in [0.25, 0.3) is 0 Å². The highest BCUT2D eigenvalue weighted by Gasteiger charge is 2.21. The smallest absolute Gasteiger partial charge is 0.326 e. The molecule has 1 atom stereocenters. The van der Waals surface area contributed by atoms with Crippen LogP contribution < -0.4 is 10.6 Å². The van der Waals surface area contributed by atoms with Crippen molar-refractivity contribution >= 4 is 23.5 Å². The molecule has 2 aromatic carbocycles. The number of amides is 2. The molecule has 0 aliphatic carbocycles. The second kappa shape index (κ2) is 9.78. The van der Waals surface area contributed by atoms with Crippen LogP contribution in [0, 0.1) is 12.3 Å². The van der Waals surface area contributed by atoms with Crippen molar-refractivity contribution < 1.29 is 24.6 Å². The molecule has 0 radical (unpaired) electrons. The first-order valence-corrected chi connectivity index (χ1v) is 8.54. The fourth-order valence-corrected chi connectivity index (χ4v) is 2.46. The molecule has 0 fully saturated rings. The summed E-state index contributed by atoms with van der Waals surface area (Å²) in [4.78, 5) is 35.7. The molecule has 4 N–H and O–H groups in total. The van der Waals surface area contributed by atoms with E-state index in [0.29, 0.717) is 17.7 Å². The Hall–Kier alpha value is -3.79. The van der Waals surface area contributed by atoms with E-state index in [4.69, 9.17) is 6.42 Å². The van der Waals surface area contributed by atoms with Gasteiger partial charge in [-0.2, -0.15) is 0 Å². The molecule has 0 bridgehead atoms. The predicted octanol–water partition coefficient (Wildman–Crippen LogP) is 2.17. The van der Waals surface area contributed by atoms with Crippen molar-refractivity contribution in [2.24, 2.45) is 0 Å². The molecule has 2 amide bonds. The van der Waals surface area contributed by atoms with Gasteiger partial charge in [0.1, 0.15) is 11.8 Å². The number of hydrogen-bond acceptors (Lipinski definition) is 4. The molecule has 0 unspecified atom stereocenters. The van der Waals surface area contributed by atoms with Crippen LogP contribution in [0.4, 0.5) is 5.69 Å². The summed E-state index contributed by atoms with van der Waals surface area (Å²) in [7, 11) is 0. The van der Waals surface area contributed by atoms with E-state index in [1.54, 1.807) is 24.3 Å². The molecule has 2 rings (SSSR count). The zero-order valence-corrected chi connectivity index (χ0v) is 15.0. The Bertz CT molecular complexity index is 900. The summed E-state index contributed by atoms with van der Waals surface area (Å²) in [6.45, 7) is 0. The minimum Gasteiger partial charge on any atom is -0.508 e. The molecule has 2 aromatic rings. The van der Waals surface area contributed by atoms with Crippen LogP contribution in [0.1, 0.15) is 28.8 Å². The normalized spacial score (nSPS) is 11.1. The van der Waals surface area contributed by atoms with E-state index in [1.807, 2.05) is 0 Å². The zero-order chi connectivity index (χ0) is 20.5. The summed E-state index contributed by atoms with van der Waals surface area (Å²) >= 11 is 0. The Labute approximate surface area is 162 Å². The number of aromatic hydroxyl groups is 1. The van der Waals surface area contributed by atoms with Crippen molar-refractivity contribution in [3.8, 4) is 18.1 Å². The minimum atomic E-state index is -1.18. The fourth-order valence-electron chi connectivity index (χ4n) is 2.46. The average molecular weight is 380 g/mol. The number of carbonyl (C=O) groups excluding carboxylic acids is 2. The van der Waals surface area contributed by atoms with Gasteiger partial charge in [0.25, 0.3) is 5.91 Å². The van der Waals surface area contributed by atoms with E-state index in [-0.39, 0.29) is 30.1 Å². The summed E-state index contributed by atoms with van der Waals surface area (Å²) in [5.74, 6) is 0.415. The molecule has 0 saturated heterocycles. The lowest BCUT2D eigenvalue weighted by Gasteiger charge is -2.15. The van der Waals surface area contributed by atoms with Crippen LogP contribution in [0.3, 0.4) is 0 Å². The molecular formula is C21H20N2O5. The van der Waals surface area contributed by atoms with E-state index >= 15 is 0 Å². The highest BCUT2D eigenvalue weighted by Crippen LogP contribution is 2.14. The van der Waals surface area contributed by atoms with Crippen molar-refractivity contribution in [3.05, 3.63) is 59.7 Å². The third kappa shape index (κ3) is 6.18. The topological polar surface area (TPSA) is 116 Å². The van der Waals surface area contributed by atoms with E-state index < -0.39 is 17.9 Å². The van der Waals surface area contributed by atoms with Gasteiger partial charge in [-0.3, -0.25) is 9.59 Å². The first-order chi connectivity index (χ1) is 13.4. The molecular weight excluding hydrogens is 360 g/mol. The van der Waals surface area contributed by atoms with Gasteiger partial charge in [0, 0.05) is 30.5 Å². The fraction of sp³-hybridized carbons (Fsp3) is 0.190. The number of carbonyl (C=O) groups is 3. The van der Waals surface area contributed by atoms with Crippen molar-refractivity contribution in [1.82, 2.24) is 5.32 Å². The van der Waals surface area contributed by atoms with Crippen molar-refractivity contribution in [1.29, 1.82) is 0 Å². The van der Waals surface area contributed by atoms with E-state index in [9.17, 15) is 24.6 Å². The van der Waals surface area contributed by atoms with Gasteiger partial charge in [-0.25, -0.2) is 4.79 Å². The lowest BCUT2D eigenvalue weighted by atomic mass is 10.1. The average Bonchev–Trinajstić information content (AvgIpc) is 2.67. The van der Waals surface area contributed by atoms with Gasteiger partial charge in [0.05, 0.1) is 0 Å². The highest BCUT2D eigenvalue weighted by atomic mass is 16.4. The van der Waals surface area contributed by atoms with Crippen LogP contribution >= 0.6 is 0 Å². The number of hydrogen-bond donors (Lipinski definition) is 4. The van der Waals surface area contributed by atoms with E-state index in [2.05, 4.69) is 16.6 Å². The van der Waals surface area contributed by atoms with Crippen LogP contribution in [-0.2, 0) is 16.0 Å². The Kier molecular flexibility index (Phi) is 7.17. The summed E-state index contributed by atoms with van der Waals surface area (Å²) < 4.78 is 0. The summed E-state index contributed by atoms with van der Waals surface area (Å²) in [6, 6.07) is 11.1. The number of phenols is 1. The Morgan fingerprint density at radius 3 is 2.46 bits per heavy atom. The second-order valence-electron chi connectivity index (χ2n) is 6.07. The zero-order valence-electron chi connectivity index (χ0n) is 15.0. The van der Waals surface area contributed by atoms with Crippen LogP contribution in [0.2, 0.25) is 0 Å². The van der Waals surface area contributed by atoms with Crippen molar-refractivity contribution in [2.45, 2.75) is 25.3 Å². The minimum absolute atomic E-state index is 0.0594. The molecule has 0 aliphatic heterocycles. The third-order valence-corrected chi connectivity index (χ3v) is 3.88. The van der Waals surface area contributed by atoms with Gasteiger partial charge >= 0.3 is 5.97 Å². The second-order valence-corrected chi connectivity index (χ2v) is 6.07. The number of benzene rings is 2. The number of aliphatic carboxylic acids is 1. The maximum Gasteiger partial charge on any atom is 0.326 e. The first-order valence-electron chi connectivity index (χ1n) is 8.54. The molecule has 0 saturated carbocycles. The molecule has 7 heteroatoms. The largest absolute Gasteiger partial charge is 0.508 e. The molecule has 0 aliphatic rings. The molecule has 7 nitrogen and oxygen atoms in total. The standard InChI is InChI=1S/C21H20N2O5/c1-2-3-7-19(25)22-16-6-4-5-15(13-16)20(26)23-18(21(27)28)12-14-8-10-17(24)11-9-14/h1,4-6,8-11,13,18,24H,3,7,12H2,(H,22,25)(H,23,26)(H,27,28)/t18-/m0/s1. The van der Waals surface area contributed by atoms with E-state index in [0.717, 1.165) is 0 Å². The third-order valence-electron chi connectivity index (χ3n) is 3.88. The van der Waals surface area contributed by atoms with Crippen molar-refractivity contribution in [3.63, 3.8) is 0 Å². The number of carboxylic acid groups (broad SMARTS) is 1. The highest BCUT2D eigenvalue weighted by molar-refractivity contribution is 5.98. The molecule has 144 valence electrons. The molecule has 0 spiro atoms. The summed E-state index contributed by atoms with van der Waals surface area (Å²) in [5, 5.41) is 23.8. The first kappa shape index (κ1) is 20.5. The maximum absolute atomic E-state index is 12.5. The number of rotatable bonds is 8. The molecule has 28 heavy (non-hydrogen) atoms. The SMILES string of the molecule is C#CCCC(=O)Nc1cccc(C(=O)N[C@@H](Cc2ccc(O)cc2)C(=O)O)c1. The predicted molar refractivity (Wildman–Crippen MR) is 104 cm³/mol. The number of carboxylic acids is 1. The van der Waals surface area contributed by atoms with Gasteiger partial charge in [-0.1, -0.05) is 18.2 Å². The monoisotopic (exact) mass is 380 g/mol. The van der Waals surface area contributed by atoms with Gasteiger partial charge in [0.2, 0.25) is 5.91 Å². The molecule has 0 aromatic heterocycles. The number of phenolic OH excluding ortho intramolecular Hbond substituents is 1. The number of nitrogens with one attached hydrogen (secondary N) is 2.